The summed E-state index contributed by atoms with van der Waals surface area (Å²) in [6.45, 7) is 6.86. The number of nitrogens with one attached hydrogen (secondary N) is 2. The summed E-state index contributed by atoms with van der Waals surface area (Å²) in [5.41, 5.74) is 2.64. The van der Waals surface area contributed by atoms with E-state index in [1.54, 1.807) is 29.2 Å². The molecular weight excluding hydrogens is 460 g/mol. The second-order valence-electron chi connectivity index (χ2n) is 9.03. The quantitative estimate of drug-likeness (QED) is 0.525. The normalized spacial score (nSPS) is 18.2. The third kappa shape index (κ3) is 7.05. The molecule has 36 heavy (non-hydrogen) atoms. The van der Waals surface area contributed by atoms with Gasteiger partial charge in [-0.1, -0.05) is 19.1 Å². The van der Waals surface area contributed by atoms with Gasteiger partial charge in [0.25, 0.3) is 5.91 Å². The van der Waals surface area contributed by atoms with Crippen LogP contribution in [-0.2, 0) is 25.5 Å². The van der Waals surface area contributed by atoms with E-state index in [4.69, 9.17) is 9.47 Å². The Bertz CT molecular complexity index is 1040. The number of amides is 3. The van der Waals surface area contributed by atoms with E-state index in [-0.39, 0.29) is 36.7 Å². The molecule has 0 aliphatic carbocycles. The fraction of sp³-hybridized carbons (Fsp3) is 0.444. The molecule has 192 valence electrons. The van der Waals surface area contributed by atoms with Crippen molar-refractivity contribution in [3.8, 4) is 5.75 Å². The molecule has 9 heteroatoms. The molecule has 2 fully saturated rings. The molecule has 0 saturated carbocycles. The zero-order valence-electron chi connectivity index (χ0n) is 20.7. The number of hydrogen-bond acceptors (Lipinski definition) is 6. The number of nitrogens with zero attached hydrogens (tertiary/aromatic N) is 2. The van der Waals surface area contributed by atoms with Crippen LogP contribution in [0.4, 0.5) is 11.4 Å². The summed E-state index contributed by atoms with van der Waals surface area (Å²) >= 11 is 0. The molecule has 0 aromatic heterocycles. The minimum atomic E-state index is -0.367. The van der Waals surface area contributed by atoms with Crippen molar-refractivity contribution < 1.29 is 23.9 Å². The van der Waals surface area contributed by atoms with Crippen molar-refractivity contribution in [2.24, 2.45) is 5.92 Å². The molecule has 0 radical (unpaired) electrons. The summed E-state index contributed by atoms with van der Waals surface area (Å²) in [5.74, 6) is -0.257. The van der Waals surface area contributed by atoms with Gasteiger partial charge in [0.15, 0.2) is 6.61 Å². The monoisotopic (exact) mass is 494 g/mol. The molecule has 2 aromatic rings. The van der Waals surface area contributed by atoms with Gasteiger partial charge in [-0.15, -0.1) is 0 Å². The predicted octanol–water partition coefficient (Wildman–Crippen LogP) is 2.07. The van der Waals surface area contributed by atoms with E-state index in [1.165, 1.54) is 5.56 Å². The summed E-state index contributed by atoms with van der Waals surface area (Å²) in [6, 6.07) is 14.7. The van der Waals surface area contributed by atoms with Gasteiger partial charge in [-0.3, -0.25) is 19.3 Å². The fourth-order valence-corrected chi connectivity index (χ4v) is 4.33. The number of ether oxygens (including phenoxy) is 2. The standard InChI is InChI=1S/C27H34N4O5/c1-2-20-3-5-22(6-4-20)29-25(32)19-36-24-9-7-23(8-10-24)31-18-21(17-26(31)33)27(34)28-11-12-30-13-15-35-16-14-30/h3-10,21H,2,11-19H2,1H3,(H,28,34)(H,29,32)/t21-/m0/s1. The average molecular weight is 495 g/mol. The Morgan fingerprint density at radius 3 is 2.47 bits per heavy atom. The number of aryl methyl sites for hydroxylation is 1. The first kappa shape index (κ1) is 25.7. The summed E-state index contributed by atoms with van der Waals surface area (Å²) in [6.07, 6.45) is 1.14. The number of morpholine rings is 1. The maximum Gasteiger partial charge on any atom is 0.262 e. The summed E-state index contributed by atoms with van der Waals surface area (Å²) in [7, 11) is 0. The maximum absolute atomic E-state index is 12.6. The molecule has 0 spiro atoms. The molecule has 2 heterocycles. The number of benzene rings is 2. The van der Waals surface area contributed by atoms with Crippen LogP contribution in [0.2, 0.25) is 0 Å². The predicted molar refractivity (Wildman–Crippen MR) is 137 cm³/mol. The lowest BCUT2D eigenvalue weighted by Gasteiger charge is -2.26. The van der Waals surface area contributed by atoms with Gasteiger partial charge in [-0.25, -0.2) is 0 Å². The number of carbonyl (C=O) groups is 3. The molecule has 2 aromatic carbocycles. The van der Waals surface area contributed by atoms with Gasteiger partial charge in [-0.05, 0) is 48.4 Å². The van der Waals surface area contributed by atoms with Crippen LogP contribution in [0.5, 0.6) is 5.75 Å². The second kappa shape index (κ2) is 12.5. The van der Waals surface area contributed by atoms with E-state index in [2.05, 4.69) is 22.5 Å². The highest BCUT2D eigenvalue weighted by atomic mass is 16.5. The number of anilines is 2. The summed E-state index contributed by atoms with van der Waals surface area (Å²) in [4.78, 5) is 41.2. The number of hydrogen-bond donors (Lipinski definition) is 2. The van der Waals surface area contributed by atoms with E-state index in [9.17, 15) is 14.4 Å². The molecule has 2 aliphatic heterocycles. The first-order valence-corrected chi connectivity index (χ1v) is 12.5. The summed E-state index contributed by atoms with van der Waals surface area (Å²) < 4.78 is 10.9. The van der Waals surface area contributed by atoms with Crippen LogP contribution in [0.1, 0.15) is 18.9 Å². The van der Waals surface area contributed by atoms with Crippen LogP contribution in [0.3, 0.4) is 0 Å². The van der Waals surface area contributed by atoms with Gasteiger partial charge >= 0.3 is 0 Å². The lowest BCUT2D eigenvalue weighted by molar-refractivity contribution is -0.126. The van der Waals surface area contributed by atoms with Crippen LogP contribution in [-0.4, -0.2) is 75.2 Å². The molecule has 9 nitrogen and oxygen atoms in total. The van der Waals surface area contributed by atoms with Crippen molar-refractivity contribution in [2.75, 3.05) is 62.8 Å². The lowest BCUT2D eigenvalue weighted by Crippen LogP contribution is -2.42. The lowest BCUT2D eigenvalue weighted by atomic mass is 10.1. The topological polar surface area (TPSA) is 100 Å². The van der Waals surface area contributed by atoms with Crippen LogP contribution < -0.4 is 20.3 Å². The van der Waals surface area contributed by atoms with E-state index in [0.717, 1.165) is 45.0 Å². The fourth-order valence-electron chi connectivity index (χ4n) is 4.33. The molecule has 2 saturated heterocycles. The van der Waals surface area contributed by atoms with Crippen LogP contribution in [0.25, 0.3) is 0 Å². The van der Waals surface area contributed by atoms with E-state index in [0.29, 0.717) is 24.5 Å². The van der Waals surface area contributed by atoms with E-state index < -0.39 is 0 Å². The Labute approximate surface area is 211 Å². The zero-order valence-corrected chi connectivity index (χ0v) is 20.7. The van der Waals surface area contributed by atoms with Crippen molar-refractivity contribution >= 4 is 29.1 Å². The highest BCUT2D eigenvalue weighted by Gasteiger charge is 2.35. The van der Waals surface area contributed by atoms with E-state index in [1.807, 2.05) is 24.3 Å². The third-order valence-electron chi connectivity index (χ3n) is 6.49. The summed E-state index contributed by atoms with van der Waals surface area (Å²) in [5, 5.41) is 5.78. The van der Waals surface area contributed by atoms with Gasteiger partial charge in [-0.2, -0.15) is 0 Å². The minimum Gasteiger partial charge on any atom is -0.484 e. The molecule has 2 aliphatic rings. The van der Waals surface area contributed by atoms with Crippen LogP contribution in [0.15, 0.2) is 48.5 Å². The highest BCUT2D eigenvalue weighted by molar-refractivity contribution is 6.00. The molecule has 0 unspecified atom stereocenters. The number of carbonyl (C=O) groups excluding carboxylic acids is 3. The number of rotatable bonds is 10. The molecule has 3 amide bonds. The SMILES string of the molecule is CCc1ccc(NC(=O)COc2ccc(N3C[C@@H](C(=O)NCCN4CCOCC4)CC3=O)cc2)cc1. The molecule has 2 N–H and O–H groups in total. The maximum atomic E-state index is 12.6. The smallest absolute Gasteiger partial charge is 0.262 e. The van der Waals surface area contributed by atoms with Crippen molar-refractivity contribution in [3.05, 3.63) is 54.1 Å². The Hall–Kier alpha value is -3.43. The van der Waals surface area contributed by atoms with E-state index >= 15 is 0 Å². The first-order chi connectivity index (χ1) is 17.5. The molecular formula is C27H34N4O5. The minimum absolute atomic E-state index is 0.0783. The Morgan fingerprint density at radius 2 is 1.78 bits per heavy atom. The Balaban J connectivity index is 1.21. The zero-order chi connectivity index (χ0) is 25.3. The van der Waals surface area contributed by atoms with Crippen molar-refractivity contribution in [1.29, 1.82) is 0 Å². The molecule has 1 atom stereocenters. The van der Waals surface area contributed by atoms with Crippen LogP contribution >= 0.6 is 0 Å². The van der Waals surface area contributed by atoms with Crippen molar-refractivity contribution in [2.45, 2.75) is 19.8 Å². The Morgan fingerprint density at radius 1 is 1.06 bits per heavy atom. The van der Waals surface area contributed by atoms with Crippen molar-refractivity contribution in [3.63, 3.8) is 0 Å². The third-order valence-corrected chi connectivity index (χ3v) is 6.49. The largest absolute Gasteiger partial charge is 0.484 e. The van der Waals surface area contributed by atoms with Crippen LogP contribution in [0, 0.1) is 5.92 Å². The average Bonchev–Trinajstić information content (AvgIpc) is 3.30. The second-order valence-corrected chi connectivity index (χ2v) is 9.03. The van der Waals surface area contributed by atoms with Crippen molar-refractivity contribution in [1.82, 2.24) is 10.2 Å². The highest BCUT2D eigenvalue weighted by Crippen LogP contribution is 2.27. The van der Waals surface area contributed by atoms with Gasteiger partial charge in [0, 0.05) is 50.5 Å². The van der Waals surface area contributed by atoms with Gasteiger partial charge in [0.05, 0.1) is 19.1 Å². The Kier molecular flexibility index (Phi) is 8.91. The van der Waals surface area contributed by atoms with Gasteiger partial charge in [0.1, 0.15) is 5.75 Å². The molecule has 0 bridgehead atoms. The van der Waals surface area contributed by atoms with Gasteiger partial charge in [0.2, 0.25) is 11.8 Å². The first-order valence-electron chi connectivity index (χ1n) is 12.5. The molecule has 4 rings (SSSR count). The van der Waals surface area contributed by atoms with Gasteiger partial charge < -0.3 is 25.0 Å².